The largest absolute Gasteiger partial charge is 0.207 e. The van der Waals surface area contributed by atoms with Gasteiger partial charge in [-0.2, -0.15) is 0 Å². The first-order valence-electron chi connectivity index (χ1n) is 6.17. The van der Waals surface area contributed by atoms with E-state index in [0.717, 1.165) is 24.0 Å². The van der Waals surface area contributed by atoms with Crippen molar-refractivity contribution in [2.24, 2.45) is 0 Å². The fraction of sp³-hybridized carbons (Fsp3) is 0.375. The van der Waals surface area contributed by atoms with E-state index in [0.29, 0.717) is 0 Å². The molecule has 0 radical (unpaired) electrons. The van der Waals surface area contributed by atoms with Crippen molar-refractivity contribution in [1.29, 1.82) is 0 Å². The first-order chi connectivity index (χ1) is 8.24. The van der Waals surface area contributed by atoms with E-state index in [1.54, 1.807) is 12.1 Å². The van der Waals surface area contributed by atoms with Crippen molar-refractivity contribution in [1.82, 2.24) is 0 Å². The van der Waals surface area contributed by atoms with Gasteiger partial charge in [0.05, 0.1) is 0 Å². The van der Waals surface area contributed by atoms with Gasteiger partial charge in [-0.15, -0.1) is 0 Å². The topological polar surface area (TPSA) is 0 Å². The van der Waals surface area contributed by atoms with Crippen LogP contribution in [0.4, 0.5) is 4.39 Å². The van der Waals surface area contributed by atoms with E-state index >= 15 is 0 Å². The molecule has 0 nitrogen and oxygen atoms in total. The fourth-order valence-corrected chi connectivity index (χ4v) is 1.53. The Morgan fingerprint density at radius 1 is 1.18 bits per heavy atom. The van der Waals surface area contributed by atoms with Crippen LogP contribution in [0.5, 0.6) is 0 Å². The van der Waals surface area contributed by atoms with Crippen LogP contribution in [0.3, 0.4) is 0 Å². The van der Waals surface area contributed by atoms with E-state index in [4.69, 9.17) is 0 Å². The second-order valence-electron chi connectivity index (χ2n) is 4.10. The SMILES string of the molecule is C=C(C#CCCCCCC)c1ccc(F)cc1. The second-order valence-corrected chi connectivity index (χ2v) is 4.10. The Morgan fingerprint density at radius 3 is 2.53 bits per heavy atom. The van der Waals surface area contributed by atoms with Crippen LogP contribution in [0.25, 0.3) is 5.57 Å². The Balaban J connectivity index is 2.39. The van der Waals surface area contributed by atoms with Gasteiger partial charge in [-0.1, -0.05) is 56.7 Å². The molecule has 90 valence electrons. The number of unbranched alkanes of at least 4 members (excludes halogenated alkanes) is 4. The number of rotatable bonds is 5. The Hall–Kier alpha value is -1.55. The van der Waals surface area contributed by atoms with Crippen molar-refractivity contribution in [2.45, 2.75) is 39.0 Å². The summed E-state index contributed by atoms with van der Waals surface area (Å²) in [5.74, 6) is 5.91. The molecule has 17 heavy (non-hydrogen) atoms. The summed E-state index contributed by atoms with van der Waals surface area (Å²) in [6.45, 7) is 6.09. The molecular formula is C16H19F. The van der Waals surface area contributed by atoms with Gasteiger partial charge in [0.2, 0.25) is 0 Å². The Bertz CT molecular complexity index is 403. The Morgan fingerprint density at radius 2 is 1.88 bits per heavy atom. The van der Waals surface area contributed by atoms with Crippen molar-refractivity contribution in [3.05, 3.63) is 42.2 Å². The Labute approximate surface area is 104 Å². The Kier molecular flexibility index (Phi) is 6.10. The van der Waals surface area contributed by atoms with Crippen LogP contribution in [0.15, 0.2) is 30.8 Å². The average Bonchev–Trinajstić information content (AvgIpc) is 2.34. The highest BCUT2D eigenvalue weighted by Gasteiger charge is 1.95. The van der Waals surface area contributed by atoms with Crippen molar-refractivity contribution in [3.63, 3.8) is 0 Å². The third kappa shape index (κ3) is 5.36. The van der Waals surface area contributed by atoms with Crippen molar-refractivity contribution >= 4 is 5.57 Å². The van der Waals surface area contributed by atoms with E-state index < -0.39 is 0 Å². The maximum Gasteiger partial charge on any atom is 0.123 e. The lowest BCUT2D eigenvalue weighted by Gasteiger charge is -1.97. The highest BCUT2D eigenvalue weighted by molar-refractivity contribution is 5.76. The maximum atomic E-state index is 12.7. The summed E-state index contributed by atoms with van der Waals surface area (Å²) >= 11 is 0. The molecule has 0 atom stereocenters. The summed E-state index contributed by atoms with van der Waals surface area (Å²) in [6.07, 6.45) is 5.84. The number of allylic oxidation sites excluding steroid dienone is 1. The van der Waals surface area contributed by atoms with Gasteiger partial charge < -0.3 is 0 Å². The van der Waals surface area contributed by atoms with Gasteiger partial charge in [0.1, 0.15) is 5.82 Å². The van der Waals surface area contributed by atoms with Gasteiger partial charge in [-0.3, -0.25) is 0 Å². The quantitative estimate of drug-likeness (QED) is 0.503. The van der Waals surface area contributed by atoms with Crippen molar-refractivity contribution < 1.29 is 4.39 Å². The molecule has 0 aliphatic heterocycles. The zero-order chi connectivity index (χ0) is 12.5. The second kappa shape index (κ2) is 7.68. The van der Waals surface area contributed by atoms with Crippen LogP contribution in [-0.4, -0.2) is 0 Å². The van der Waals surface area contributed by atoms with Crippen LogP contribution in [-0.2, 0) is 0 Å². The molecule has 0 saturated carbocycles. The molecule has 0 aliphatic carbocycles. The predicted molar refractivity (Wildman–Crippen MR) is 72.0 cm³/mol. The normalized spacial score (nSPS) is 9.53. The average molecular weight is 230 g/mol. The minimum absolute atomic E-state index is 0.228. The van der Waals surface area contributed by atoms with Gasteiger partial charge in [0.25, 0.3) is 0 Å². The summed E-state index contributed by atoms with van der Waals surface area (Å²) in [5, 5.41) is 0. The lowest BCUT2D eigenvalue weighted by Crippen LogP contribution is -1.80. The predicted octanol–water partition coefficient (Wildman–Crippen LogP) is 4.81. The van der Waals surface area contributed by atoms with Crippen molar-refractivity contribution in [3.8, 4) is 11.8 Å². The standard InChI is InChI=1S/C16H19F/c1-3-4-5-6-7-8-9-14(2)15-10-12-16(17)13-11-15/h10-13H,2-7H2,1H3. The van der Waals surface area contributed by atoms with Crippen LogP contribution in [0.2, 0.25) is 0 Å². The molecule has 0 unspecified atom stereocenters. The van der Waals surface area contributed by atoms with Gasteiger partial charge in [-0.25, -0.2) is 4.39 Å². The number of halogens is 1. The highest BCUT2D eigenvalue weighted by atomic mass is 19.1. The number of benzene rings is 1. The van der Waals surface area contributed by atoms with E-state index in [1.807, 2.05) is 0 Å². The molecule has 1 heteroatoms. The summed E-state index contributed by atoms with van der Waals surface area (Å²) in [4.78, 5) is 0. The van der Waals surface area contributed by atoms with Crippen LogP contribution in [0, 0.1) is 17.7 Å². The smallest absolute Gasteiger partial charge is 0.123 e. The molecule has 0 heterocycles. The third-order valence-electron chi connectivity index (χ3n) is 2.59. The molecule has 1 aromatic rings. The van der Waals surface area contributed by atoms with E-state index in [2.05, 4.69) is 25.3 Å². The van der Waals surface area contributed by atoms with Crippen LogP contribution in [0.1, 0.15) is 44.6 Å². The minimum Gasteiger partial charge on any atom is -0.207 e. The highest BCUT2D eigenvalue weighted by Crippen LogP contribution is 2.12. The van der Waals surface area contributed by atoms with Crippen LogP contribution < -0.4 is 0 Å². The lowest BCUT2D eigenvalue weighted by molar-refractivity contribution is 0.627. The van der Waals surface area contributed by atoms with Gasteiger partial charge in [0, 0.05) is 12.0 Å². The monoisotopic (exact) mass is 230 g/mol. The summed E-state index contributed by atoms with van der Waals surface area (Å²) in [6, 6.07) is 6.29. The van der Waals surface area contributed by atoms with Crippen LogP contribution >= 0.6 is 0 Å². The number of hydrogen-bond donors (Lipinski definition) is 0. The fourth-order valence-electron chi connectivity index (χ4n) is 1.53. The molecule has 0 amide bonds. The third-order valence-corrected chi connectivity index (χ3v) is 2.59. The van der Waals surface area contributed by atoms with Crippen molar-refractivity contribution in [2.75, 3.05) is 0 Å². The van der Waals surface area contributed by atoms with Gasteiger partial charge in [-0.05, 0) is 24.1 Å². The molecule has 1 rings (SSSR count). The summed E-state index contributed by atoms with van der Waals surface area (Å²) < 4.78 is 12.7. The maximum absolute atomic E-state index is 12.7. The molecule has 0 N–H and O–H groups in total. The molecule has 0 bridgehead atoms. The van der Waals surface area contributed by atoms with E-state index in [-0.39, 0.29) is 5.82 Å². The lowest BCUT2D eigenvalue weighted by atomic mass is 10.1. The van der Waals surface area contributed by atoms with E-state index in [9.17, 15) is 4.39 Å². The first kappa shape index (κ1) is 13.5. The molecule has 0 spiro atoms. The number of hydrogen-bond acceptors (Lipinski definition) is 0. The molecule has 0 aromatic heterocycles. The van der Waals surface area contributed by atoms with Gasteiger partial charge in [0.15, 0.2) is 0 Å². The molecule has 0 aliphatic rings. The van der Waals surface area contributed by atoms with E-state index in [1.165, 1.54) is 31.4 Å². The first-order valence-corrected chi connectivity index (χ1v) is 6.17. The zero-order valence-electron chi connectivity index (χ0n) is 10.4. The zero-order valence-corrected chi connectivity index (χ0v) is 10.4. The van der Waals surface area contributed by atoms with Gasteiger partial charge >= 0.3 is 0 Å². The minimum atomic E-state index is -0.228. The summed E-state index contributed by atoms with van der Waals surface area (Å²) in [7, 11) is 0. The molecular weight excluding hydrogens is 211 g/mol. The molecule has 0 saturated heterocycles. The molecule has 1 aromatic carbocycles. The summed E-state index contributed by atoms with van der Waals surface area (Å²) in [5.41, 5.74) is 1.66. The molecule has 0 fully saturated rings.